The molecule has 0 saturated heterocycles. The zero-order chi connectivity index (χ0) is 25.1. The molecule has 0 spiro atoms. The zero-order valence-electron chi connectivity index (χ0n) is 19.9. The van der Waals surface area contributed by atoms with Crippen LogP contribution in [0.15, 0.2) is 42.7 Å². The van der Waals surface area contributed by atoms with Crippen molar-refractivity contribution in [3.05, 3.63) is 54.1 Å². The molecule has 184 valence electrons. The van der Waals surface area contributed by atoms with E-state index < -0.39 is 11.7 Å². The van der Waals surface area contributed by atoms with Gasteiger partial charge in [0.1, 0.15) is 5.82 Å². The Morgan fingerprint density at radius 3 is 2.69 bits per heavy atom. The van der Waals surface area contributed by atoms with E-state index in [1.54, 1.807) is 23.1 Å². The second kappa shape index (κ2) is 9.97. The van der Waals surface area contributed by atoms with Crippen molar-refractivity contribution in [2.24, 2.45) is 11.5 Å². The number of aryl methyl sites for hydroxylation is 1. The van der Waals surface area contributed by atoms with Crippen LogP contribution in [0.1, 0.15) is 17.3 Å². The number of primary amides is 1. The lowest BCUT2D eigenvalue weighted by molar-refractivity contribution is 0.100. The van der Waals surface area contributed by atoms with Crippen LogP contribution in [0.2, 0.25) is 0 Å². The van der Waals surface area contributed by atoms with Crippen LogP contribution in [0.5, 0.6) is 0 Å². The van der Waals surface area contributed by atoms with E-state index in [2.05, 4.69) is 25.8 Å². The maximum atomic E-state index is 14.9. The number of nitrogens with zero attached hydrogens (tertiary/aromatic N) is 6. The maximum absolute atomic E-state index is 14.9. The monoisotopic (exact) mass is 480 g/mol. The van der Waals surface area contributed by atoms with Gasteiger partial charge in [-0.25, -0.2) is 9.37 Å². The number of halogens is 1. The van der Waals surface area contributed by atoms with Gasteiger partial charge in [0.25, 0.3) is 5.91 Å². The molecular weight excluding hydrogens is 451 g/mol. The summed E-state index contributed by atoms with van der Waals surface area (Å²) < 4.78 is 18.5. The minimum absolute atomic E-state index is 0.0473. The van der Waals surface area contributed by atoms with Crippen LogP contribution in [-0.2, 0) is 13.1 Å². The number of nitrogens with one attached hydrogen (secondary N) is 2. The van der Waals surface area contributed by atoms with Gasteiger partial charge in [0, 0.05) is 50.7 Å². The van der Waals surface area contributed by atoms with Gasteiger partial charge in [0.05, 0.1) is 23.7 Å². The highest BCUT2D eigenvalue weighted by molar-refractivity contribution is 5.99. The van der Waals surface area contributed by atoms with Crippen LogP contribution >= 0.6 is 0 Å². The first-order valence-electron chi connectivity index (χ1n) is 11.2. The Morgan fingerprint density at radius 1 is 1.26 bits per heavy atom. The normalized spacial score (nSPS) is 12.0. The predicted molar refractivity (Wildman–Crippen MR) is 134 cm³/mol. The van der Waals surface area contributed by atoms with Crippen molar-refractivity contribution in [3.63, 3.8) is 0 Å². The lowest BCUT2D eigenvalue weighted by atomic mass is 10.2. The Bertz CT molecular complexity index is 1330. The zero-order valence-corrected chi connectivity index (χ0v) is 19.9. The molecule has 11 nitrogen and oxygen atoms in total. The molecule has 0 unspecified atom stereocenters. The van der Waals surface area contributed by atoms with Crippen LogP contribution < -0.4 is 27.0 Å². The molecule has 0 aliphatic rings. The van der Waals surface area contributed by atoms with Gasteiger partial charge in [0.2, 0.25) is 0 Å². The van der Waals surface area contributed by atoms with Crippen molar-refractivity contribution < 1.29 is 9.18 Å². The number of rotatable bonds is 10. The summed E-state index contributed by atoms with van der Waals surface area (Å²) in [6.07, 6.45) is 3.44. The van der Waals surface area contributed by atoms with Crippen molar-refractivity contribution in [1.82, 2.24) is 24.5 Å². The molecule has 0 fully saturated rings. The largest absolute Gasteiger partial charge is 0.365 e. The topological polar surface area (TPSA) is 145 Å². The number of anilines is 4. The van der Waals surface area contributed by atoms with Crippen LogP contribution in [0.4, 0.5) is 27.5 Å². The summed E-state index contributed by atoms with van der Waals surface area (Å²) in [6.45, 7) is 3.37. The minimum Gasteiger partial charge on any atom is -0.365 e. The number of nitrogens with two attached hydrogens (primary N) is 2. The van der Waals surface area contributed by atoms with Crippen LogP contribution in [0.3, 0.4) is 0 Å². The van der Waals surface area contributed by atoms with E-state index in [1.165, 1.54) is 0 Å². The van der Waals surface area contributed by atoms with E-state index in [4.69, 9.17) is 11.5 Å². The van der Waals surface area contributed by atoms with Gasteiger partial charge in [0.15, 0.2) is 17.5 Å². The van der Waals surface area contributed by atoms with E-state index >= 15 is 0 Å². The first-order chi connectivity index (χ1) is 16.8. The Kier molecular flexibility index (Phi) is 6.82. The Morgan fingerprint density at radius 2 is 2.06 bits per heavy atom. The fourth-order valence-electron chi connectivity index (χ4n) is 3.83. The number of pyridine rings is 1. The van der Waals surface area contributed by atoms with E-state index in [9.17, 15) is 9.18 Å². The summed E-state index contributed by atoms with van der Waals surface area (Å²) in [6, 6.07) is 8.20. The van der Waals surface area contributed by atoms with Crippen molar-refractivity contribution >= 4 is 40.0 Å². The van der Waals surface area contributed by atoms with Crippen molar-refractivity contribution in [2.45, 2.75) is 26.1 Å². The smallest absolute Gasteiger partial charge is 0.252 e. The van der Waals surface area contributed by atoms with Gasteiger partial charge in [-0.3, -0.25) is 14.2 Å². The molecule has 1 amide bonds. The first kappa shape index (κ1) is 24.0. The van der Waals surface area contributed by atoms with Crippen molar-refractivity contribution in [1.29, 1.82) is 0 Å². The summed E-state index contributed by atoms with van der Waals surface area (Å²) in [7, 11) is 3.84. The highest BCUT2D eigenvalue weighted by atomic mass is 19.1. The molecule has 6 N–H and O–H groups in total. The SMILES string of the molecule is CCn1nc(N(C)C)c2cc(Nc3nc(N[C@@H](CN)Cn4cccn4)c(F)cc3C(N)=O)ccc21. The molecule has 3 aromatic heterocycles. The number of fused-ring (bicyclic) bond motifs is 1. The van der Waals surface area contributed by atoms with Crippen LogP contribution in [0, 0.1) is 5.82 Å². The van der Waals surface area contributed by atoms with Gasteiger partial charge in [-0.05, 0) is 37.3 Å². The average molecular weight is 481 g/mol. The first-order valence-corrected chi connectivity index (χ1v) is 11.2. The third-order valence-corrected chi connectivity index (χ3v) is 5.55. The minimum atomic E-state index is -0.800. The highest BCUT2D eigenvalue weighted by Crippen LogP contribution is 2.30. The van der Waals surface area contributed by atoms with Crippen LogP contribution in [-0.4, -0.2) is 57.1 Å². The molecule has 35 heavy (non-hydrogen) atoms. The van der Waals surface area contributed by atoms with E-state index in [1.807, 2.05) is 48.8 Å². The Hall–Kier alpha value is -4.19. The molecule has 0 aliphatic heterocycles. The van der Waals surface area contributed by atoms with E-state index in [-0.39, 0.29) is 29.8 Å². The lowest BCUT2D eigenvalue weighted by Gasteiger charge is -2.19. The number of aromatic nitrogens is 5. The standard InChI is InChI=1S/C23H29FN10O/c1-4-34-19-7-6-14(10-16(19)23(31-34)32(2)3)28-21-17(20(26)35)11-18(24)22(30-21)29-15(12-25)13-33-9-5-8-27-33/h5-11,15H,4,12-13,25H2,1-3H3,(H2,26,35)(H2,28,29,30)/t15-/m0/s1. The summed E-state index contributed by atoms with van der Waals surface area (Å²) in [5.74, 6) is -0.623. The summed E-state index contributed by atoms with van der Waals surface area (Å²) in [4.78, 5) is 18.3. The number of carbonyl (C=O) groups excluding carboxylic acids is 1. The van der Waals surface area contributed by atoms with Crippen molar-refractivity contribution in [2.75, 3.05) is 36.2 Å². The molecule has 3 heterocycles. The molecule has 0 saturated carbocycles. The second-order valence-corrected chi connectivity index (χ2v) is 8.28. The summed E-state index contributed by atoms with van der Waals surface area (Å²) in [5.41, 5.74) is 12.9. The second-order valence-electron chi connectivity index (χ2n) is 8.28. The molecule has 0 radical (unpaired) electrons. The fraction of sp³-hybridized carbons (Fsp3) is 0.304. The fourth-order valence-corrected chi connectivity index (χ4v) is 3.83. The molecule has 0 bridgehead atoms. The van der Waals surface area contributed by atoms with Gasteiger partial charge in [-0.15, -0.1) is 0 Å². The number of amides is 1. The van der Waals surface area contributed by atoms with Gasteiger partial charge in [-0.2, -0.15) is 10.2 Å². The summed E-state index contributed by atoms with van der Waals surface area (Å²) >= 11 is 0. The molecule has 1 aromatic carbocycles. The van der Waals surface area contributed by atoms with E-state index in [0.717, 1.165) is 29.3 Å². The maximum Gasteiger partial charge on any atom is 0.252 e. The number of hydrogen-bond donors (Lipinski definition) is 4. The molecule has 0 aliphatic carbocycles. The molecule has 4 rings (SSSR count). The Labute approximate surface area is 201 Å². The van der Waals surface area contributed by atoms with Crippen molar-refractivity contribution in [3.8, 4) is 0 Å². The number of hydrogen-bond acceptors (Lipinski definition) is 8. The van der Waals surface area contributed by atoms with E-state index in [0.29, 0.717) is 12.2 Å². The Balaban J connectivity index is 1.68. The number of benzene rings is 1. The molecule has 4 aromatic rings. The molecule has 1 atom stereocenters. The van der Waals surface area contributed by atoms with Gasteiger partial charge >= 0.3 is 0 Å². The molecular formula is C23H29FN10O. The molecule has 12 heteroatoms. The average Bonchev–Trinajstić information content (AvgIpc) is 3.47. The van der Waals surface area contributed by atoms with Gasteiger partial charge < -0.3 is 27.0 Å². The quantitative estimate of drug-likeness (QED) is 0.270. The third-order valence-electron chi connectivity index (χ3n) is 5.55. The number of carbonyl (C=O) groups is 1. The van der Waals surface area contributed by atoms with Crippen LogP contribution in [0.25, 0.3) is 10.9 Å². The predicted octanol–water partition coefficient (Wildman–Crippen LogP) is 2.13. The third kappa shape index (κ3) is 5.01. The van der Waals surface area contributed by atoms with Gasteiger partial charge in [-0.1, -0.05) is 0 Å². The summed E-state index contributed by atoms with van der Waals surface area (Å²) in [5, 5.41) is 15.9. The lowest BCUT2D eigenvalue weighted by Crippen LogP contribution is -2.34. The highest BCUT2D eigenvalue weighted by Gasteiger charge is 2.19.